The van der Waals surface area contributed by atoms with Crippen molar-refractivity contribution in [1.29, 1.82) is 0 Å². The van der Waals surface area contributed by atoms with Gasteiger partial charge in [-0.3, -0.25) is 9.78 Å². The summed E-state index contributed by atoms with van der Waals surface area (Å²) in [6.45, 7) is 0. The van der Waals surface area contributed by atoms with E-state index in [1.807, 2.05) is 30.3 Å². The molecule has 0 saturated carbocycles. The number of carbonyl (C=O) groups excluding carboxylic acids is 1. The fourth-order valence-electron chi connectivity index (χ4n) is 2.26. The Balaban J connectivity index is 1.99. The van der Waals surface area contributed by atoms with Gasteiger partial charge in [-0.25, -0.2) is 0 Å². The molecule has 110 valence electrons. The van der Waals surface area contributed by atoms with E-state index in [0.717, 1.165) is 15.4 Å². The highest BCUT2D eigenvalue weighted by Gasteiger charge is 2.13. The Morgan fingerprint density at radius 2 is 2.00 bits per heavy atom. The standard InChI is InChI=1S/C17H13BrN2O2/c1-22-16-5-3-2-4-14(16)20-17(21)13-8-9-19-15-10-11(18)6-7-12(13)15/h2-10H,1H3,(H,20,21). The normalized spacial score (nSPS) is 10.5. The van der Waals surface area contributed by atoms with Gasteiger partial charge in [0, 0.05) is 16.1 Å². The van der Waals surface area contributed by atoms with Crippen LogP contribution in [-0.4, -0.2) is 18.0 Å². The molecule has 3 aromatic rings. The average Bonchev–Trinajstić information content (AvgIpc) is 2.54. The highest BCUT2D eigenvalue weighted by atomic mass is 79.9. The van der Waals surface area contributed by atoms with Crippen molar-refractivity contribution < 1.29 is 9.53 Å². The van der Waals surface area contributed by atoms with Crippen molar-refractivity contribution in [3.8, 4) is 5.75 Å². The van der Waals surface area contributed by atoms with Gasteiger partial charge in [0.15, 0.2) is 0 Å². The summed E-state index contributed by atoms with van der Waals surface area (Å²) in [6, 6.07) is 14.7. The van der Waals surface area contributed by atoms with Crippen molar-refractivity contribution >= 4 is 38.4 Å². The minimum atomic E-state index is -0.195. The molecule has 0 bridgehead atoms. The van der Waals surface area contributed by atoms with Gasteiger partial charge in [-0.2, -0.15) is 0 Å². The lowest BCUT2D eigenvalue weighted by molar-refractivity contribution is 0.102. The summed E-state index contributed by atoms with van der Waals surface area (Å²) in [5.74, 6) is 0.427. The Bertz CT molecular complexity index is 849. The van der Waals surface area contributed by atoms with E-state index in [0.29, 0.717) is 17.0 Å². The number of amides is 1. The van der Waals surface area contributed by atoms with E-state index >= 15 is 0 Å². The van der Waals surface area contributed by atoms with Crippen LogP contribution in [0.5, 0.6) is 5.75 Å². The van der Waals surface area contributed by atoms with Crippen LogP contribution in [0, 0.1) is 0 Å². The highest BCUT2D eigenvalue weighted by Crippen LogP contribution is 2.26. The van der Waals surface area contributed by atoms with E-state index in [1.54, 1.807) is 31.5 Å². The van der Waals surface area contributed by atoms with Crippen LogP contribution in [0.2, 0.25) is 0 Å². The molecule has 4 nitrogen and oxygen atoms in total. The third-order valence-electron chi connectivity index (χ3n) is 3.30. The summed E-state index contributed by atoms with van der Waals surface area (Å²) in [5.41, 5.74) is 1.97. The number of anilines is 1. The highest BCUT2D eigenvalue weighted by molar-refractivity contribution is 9.10. The van der Waals surface area contributed by atoms with Crippen molar-refractivity contribution in [2.24, 2.45) is 0 Å². The number of halogens is 1. The van der Waals surface area contributed by atoms with E-state index in [1.165, 1.54) is 0 Å². The van der Waals surface area contributed by atoms with Gasteiger partial charge in [0.05, 0.1) is 23.9 Å². The van der Waals surface area contributed by atoms with Gasteiger partial charge in [-0.15, -0.1) is 0 Å². The number of para-hydroxylation sites is 2. The minimum Gasteiger partial charge on any atom is -0.495 e. The van der Waals surface area contributed by atoms with Gasteiger partial charge < -0.3 is 10.1 Å². The molecular formula is C17H13BrN2O2. The van der Waals surface area contributed by atoms with E-state index in [2.05, 4.69) is 26.2 Å². The first kappa shape index (κ1) is 14.5. The molecule has 0 aliphatic carbocycles. The predicted octanol–water partition coefficient (Wildman–Crippen LogP) is 4.26. The fraction of sp³-hybridized carbons (Fsp3) is 0.0588. The molecule has 0 fully saturated rings. The Morgan fingerprint density at radius 1 is 1.18 bits per heavy atom. The molecule has 0 aliphatic rings. The first-order valence-corrected chi connectivity index (χ1v) is 7.47. The van der Waals surface area contributed by atoms with E-state index in [4.69, 9.17) is 4.74 Å². The summed E-state index contributed by atoms with van der Waals surface area (Å²) < 4.78 is 6.18. The number of aromatic nitrogens is 1. The lowest BCUT2D eigenvalue weighted by atomic mass is 10.1. The van der Waals surface area contributed by atoms with Crippen molar-refractivity contribution in [3.05, 3.63) is 64.8 Å². The Morgan fingerprint density at radius 3 is 2.82 bits per heavy atom. The smallest absolute Gasteiger partial charge is 0.256 e. The van der Waals surface area contributed by atoms with E-state index in [9.17, 15) is 4.79 Å². The van der Waals surface area contributed by atoms with Gasteiger partial charge in [0.2, 0.25) is 0 Å². The minimum absolute atomic E-state index is 0.195. The number of pyridine rings is 1. The molecule has 22 heavy (non-hydrogen) atoms. The molecule has 1 heterocycles. The number of nitrogens with one attached hydrogen (secondary N) is 1. The molecule has 2 aromatic carbocycles. The number of benzene rings is 2. The van der Waals surface area contributed by atoms with Crippen LogP contribution in [0.4, 0.5) is 5.69 Å². The molecule has 3 rings (SSSR count). The number of rotatable bonds is 3. The van der Waals surface area contributed by atoms with Gasteiger partial charge in [-0.1, -0.05) is 34.1 Å². The van der Waals surface area contributed by atoms with Crippen LogP contribution >= 0.6 is 15.9 Å². The number of hydrogen-bond donors (Lipinski definition) is 1. The quantitative estimate of drug-likeness (QED) is 0.762. The molecule has 0 radical (unpaired) electrons. The molecule has 0 saturated heterocycles. The summed E-state index contributed by atoms with van der Waals surface area (Å²) in [4.78, 5) is 16.9. The van der Waals surface area contributed by atoms with Crippen LogP contribution in [0.3, 0.4) is 0 Å². The number of fused-ring (bicyclic) bond motifs is 1. The Kier molecular flexibility index (Phi) is 4.06. The lowest BCUT2D eigenvalue weighted by Crippen LogP contribution is -2.13. The van der Waals surface area contributed by atoms with E-state index in [-0.39, 0.29) is 5.91 Å². The molecule has 1 N–H and O–H groups in total. The van der Waals surface area contributed by atoms with Crippen LogP contribution < -0.4 is 10.1 Å². The molecule has 0 unspecified atom stereocenters. The summed E-state index contributed by atoms with van der Waals surface area (Å²) in [7, 11) is 1.57. The molecule has 0 aliphatic heterocycles. The first-order chi connectivity index (χ1) is 10.7. The van der Waals surface area contributed by atoms with Crippen LogP contribution in [0.15, 0.2) is 59.2 Å². The second kappa shape index (κ2) is 6.15. The van der Waals surface area contributed by atoms with Crippen LogP contribution in [-0.2, 0) is 0 Å². The second-order valence-corrected chi connectivity index (χ2v) is 5.59. The van der Waals surface area contributed by atoms with E-state index < -0.39 is 0 Å². The predicted molar refractivity (Wildman–Crippen MR) is 90.4 cm³/mol. The second-order valence-electron chi connectivity index (χ2n) is 4.67. The number of methoxy groups -OCH3 is 1. The van der Waals surface area contributed by atoms with Crippen molar-refractivity contribution in [3.63, 3.8) is 0 Å². The Labute approximate surface area is 136 Å². The topological polar surface area (TPSA) is 51.2 Å². The zero-order valence-corrected chi connectivity index (χ0v) is 13.4. The lowest BCUT2D eigenvalue weighted by Gasteiger charge is -2.11. The van der Waals surface area contributed by atoms with Crippen molar-refractivity contribution in [1.82, 2.24) is 4.98 Å². The fourth-order valence-corrected chi connectivity index (χ4v) is 2.61. The maximum atomic E-state index is 12.6. The van der Waals surface area contributed by atoms with Crippen LogP contribution in [0.25, 0.3) is 10.9 Å². The monoisotopic (exact) mass is 356 g/mol. The van der Waals surface area contributed by atoms with Gasteiger partial charge in [0.1, 0.15) is 5.75 Å². The number of carbonyl (C=O) groups is 1. The summed E-state index contributed by atoms with van der Waals surface area (Å²) >= 11 is 3.41. The molecule has 1 aromatic heterocycles. The maximum absolute atomic E-state index is 12.6. The third kappa shape index (κ3) is 2.80. The average molecular weight is 357 g/mol. The summed E-state index contributed by atoms with van der Waals surface area (Å²) in [6.07, 6.45) is 1.63. The SMILES string of the molecule is COc1ccccc1NC(=O)c1ccnc2cc(Br)ccc12. The molecule has 1 amide bonds. The molecular weight excluding hydrogens is 344 g/mol. The molecule has 5 heteroatoms. The van der Waals surface area contributed by atoms with Gasteiger partial charge >= 0.3 is 0 Å². The van der Waals surface area contributed by atoms with Gasteiger partial charge in [0.25, 0.3) is 5.91 Å². The zero-order chi connectivity index (χ0) is 15.5. The molecule has 0 spiro atoms. The maximum Gasteiger partial charge on any atom is 0.256 e. The number of nitrogens with zero attached hydrogens (tertiary/aromatic N) is 1. The van der Waals surface area contributed by atoms with Gasteiger partial charge in [-0.05, 0) is 30.3 Å². The number of hydrogen-bond acceptors (Lipinski definition) is 3. The third-order valence-corrected chi connectivity index (χ3v) is 3.80. The first-order valence-electron chi connectivity index (χ1n) is 6.67. The largest absolute Gasteiger partial charge is 0.495 e. The summed E-state index contributed by atoms with van der Waals surface area (Å²) in [5, 5.41) is 3.68. The van der Waals surface area contributed by atoms with Crippen LogP contribution in [0.1, 0.15) is 10.4 Å². The molecule has 0 atom stereocenters. The van der Waals surface area contributed by atoms with Crippen molar-refractivity contribution in [2.45, 2.75) is 0 Å². The zero-order valence-electron chi connectivity index (χ0n) is 11.8. The Hall–Kier alpha value is -2.40. The van der Waals surface area contributed by atoms with Crippen molar-refractivity contribution in [2.75, 3.05) is 12.4 Å². The number of ether oxygens (including phenoxy) is 1.